The molecule has 100 valence electrons. The molecule has 1 unspecified atom stereocenters. The molecule has 0 aromatic carbocycles. The van der Waals surface area contributed by atoms with E-state index >= 15 is 0 Å². The number of aromatic nitrogens is 1. The van der Waals surface area contributed by atoms with Gasteiger partial charge in [0, 0.05) is 12.6 Å². The Kier molecular flexibility index (Phi) is 4.01. The van der Waals surface area contributed by atoms with E-state index in [2.05, 4.69) is 5.16 Å². The lowest BCUT2D eigenvalue weighted by Crippen LogP contribution is -2.34. The SMILES string of the molecule is Cc1cc(C2CCCN2C(=O)COC(C)C)on1. The molecule has 1 aromatic rings. The summed E-state index contributed by atoms with van der Waals surface area (Å²) >= 11 is 0. The Balaban J connectivity index is 2.01. The van der Waals surface area contributed by atoms with E-state index in [1.807, 2.05) is 31.7 Å². The second-order valence-corrected chi connectivity index (χ2v) is 4.98. The molecule has 0 bridgehead atoms. The van der Waals surface area contributed by atoms with Crippen LogP contribution >= 0.6 is 0 Å². The van der Waals surface area contributed by atoms with Crippen LogP contribution in [-0.2, 0) is 9.53 Å². The number of hydrogen-bond acceptors (Lipinski definition) is 4. The van der Waals surface area contributed by atoms with E-state index in [4.69, 9.17) is 9.26 Å². The number of amides is 1. The topological polar surface area (TPSA) is 55.6 Å². The van der Waals surface area contributed by atoms with E-state index in [0.717, 1.165) is 30.8 Å². The first kappa shape index (κ1) is 13.1. The molecule has 5 heteroatoms. The van der Waals surface area contributed by atoms with Gasteiger partial charge in [-0.25, -0.2) is 0 Å². The Bertz CT molecular complexity index is 414. The molecule has 1 amide bonds. The third-order valence-corrected chi connectivity index (χ3v) is 3.09. The molecule has 0 N–H and O–H groups in total. The lowest BCUT2D eigenvalue weighted by molar-refractivity contribution is -0.138. The Morgan fingerprint density at radius 2 is 2.44 bits per heavy atom. The molecule has 2 rings (SSSR count). The van der Waals surface area contributed by atoms with Gasteiger partial charge in [-0.3, -0.25) is 4.79 Å². The monoisotopic (exact) mass is 252 g/mol. The number of nitrogens with zero attached hydrogens (tertiary/aromatic N) is 2. The van der Waals surface area contributed by atoms with Gasteiger partial charge in [0.15, 0.2) is 5.76 Å². The van der Waals surface area contributed by atoms with Gasteiger partial charge in [-0.05, 0) is 33.6 Å². The summed E-state index contributed by atoms with van der Waals surface area (Å²) in [6, 6.07) is 1.93. The van der Waals surface area contributed by atoms with Crippen molar-refractivity contribution >= 4 is 5.91 Å². The van der Waals surface area contributed by atoms with Crippen molar-refractivity contribution in [1.29, 1.82) is 0 Å². The molecule has 1 aliphatic rings. The number of aryl methyl sites for hydroxylation is 1. The molecule has 0 radical (unpaired) electrons. The Labute approximate surface area is 107 Å². The zero-order valence-electron chi connectivity index (χ0n) is 11.2. The number of carbonyl (C=O) groups excluding carboxylic acids is 1. The van der Waals surface area contributed by atoms with E-state index in [9.17, 15) is 4.79 Å². The maximum absolute atomic E-state index is 12.1. The van der Waals surface area contributed by atoms with Crippen LogP contribution in [0.15, 0.2) is 10.6 Å². The third-order valence-electron chi connectivity index (χ3n) is 3.09. The largest absolute Gasteiger partial charge is 0.369 e. The van der Waals surface area contributed by atoms with Gasteiger partial charge in [0.05, 0.1) is 17.8 Å². The average molecular weight is 252 g/mol. The average Bonchev–Trinajstić information content (AvgIpc) is 2.93. The van der Waals surface area contributed by atoms with E-state index < -0.39 is 0 Å². The first-order valence-corrected chi connectivity index (χ1v) is 6.42. The van der Waals surface area contributed by atoms with Crippen molar-refractivity contribution in [2.45, 2.75) is 45.8 Å². The minimum Gasteiger partial charge on any atom is -0.369 e. The summed E-state index contributed by atoms with van der Waals surface area (Å²) in [6.45, 7) is 6.64. The lowest BCUT2D eigenvalue weighted by atomic mass is 10.1. The highest BCUT2D eigenvalue weighted by molar-refractivity contribution is 5.78. The Morgan fingerprint density at radius 1 is 1.67 bits per heavy atom. The van der Waals surface area contributed by atoms with E-state index in [-0.39, 0.29) is 24.7 Å². The second-order valence-electron chi connectivity index (χ2n) is 4.98. The number of hydrogen-bond donors (Lipinski definition) is 0. The summed E-state index contributed by atoms with van der Waals surface area (Å²) in [4.78, 5) is 13.9. The van der Waals surface area contributed by atoms with Gasteiger partial charge in [0.1, 0.15) is 6.61 Å². The maximum atomic E-state index is 12.1. The van der Waals surface area contributed by atoms with Gasteiger partial charge < -0.3 is 14.2 Å². The molecule has 0 saturated carbocycles. The van der Waals surface area contributed by atoms with Crippen LogP contribution in [0.3, 0.4) is 0 Å². The van der Waals surface area contributed by atoms with Crippen LogP contribution < -0.4 is 0 Å². The second kappa shape index (κ2) is 5.52. The molecular weight excluding hydrogens is 232 g/mol. The highest BCUT2D eigenvalue weighted by atomic mass is 16.5. The highest BCUT2D eigenvalue weighted by Gasteiger charge is 2.32. The van der Waals surface area contributed by atoms with Crippen LogP contribution in [0.4, 0.5) is 0 Å². The molecular formula is C13H20N2O3. The normalized spacial score (nSPS) is 19.8. The van der Waals surface area contributed by atoms with Crippen LogP contribution in [0.5, 0.6) is 0 Å². The summed E-state index contributed by atoms with van der Waals surface area (Å²) in [5.41, 5.74) is 0.850. The zero-order chi connectivity index (χ0) is 13.1. The van der Waals surface area contributed by atoms with Crippen LogP contribution in [0.1, 0.15) is 44.2 Å². The fourth-order valence-corrected chi connectivity index (χ4v) is 2.22. The van der Waals surface area contributed by atoms with Crippen molar-refractivity contribution in [2.75, 3.05) is 13.2 Å². The smallest absolute Gasteiger partial charge is 0.249 e. The van der Waals surface area contributed by atoms with Gasteiger partial charge >= 0.3 is 0 Å². The minimum atomic E-state index is 0.0227. The molecule has 0 spiro atoms. The molecule has 0 aliphatic carbocycles. The summed E-state index contributed by atoms with van der Waals surface area (Å²) in [7, 11) is 0. The predicted molar refractivity (Wildman–Crippen MR) is 66.0 cm³/mol. The molecule has 1 fully saturated rings. The van der Waals surface area contributed by atoms with Gasteiger partial charge in [0.2, 0.25) is 5.91 Å². The van der Waals surface area contributed by atoms with Gasteiger partial charge in [-0.15, -0.1) is 0 Å². The highest BCUT2D eigenvalue weighted by Crippen LogP contribution is 2.32. The summed E-state index contributed by atoms with van der Waals surface area (Å²) < 4.78 is 10.6. The zero-order valence-corrected chi connectivity index (χ0v) is 11.2. The molecule has 2 heterocycles. The van der Waals surface area contributed by atoms with Crippen LogP contribution in [-0.4, -0.2) is 35.2 Å². The van der Waals surface area contributed by atoms with Crippen molar-refractivity contribution in [3.8, 4) is 0 Å². The fraction of sp³-hybridized carbons (Fsp3) is 0.692. The third kappa shape index (κ3) is 2.90. The lowest BCUT2D eigenvalue weighted by Gasteiger charge is -2.23. The van der Waals surface area contributed by atoms with Crippen molar-refractivity contribution < 1.29 is 14.1 Å². The summed E-state index contributed by atoms with van der Waals surface area (Å²) in [6.07, 6.45) is 2.00. The predicted octanol–water partition coefficient (Wildman–Crippen LogP) is 2.07. The fourth-order valence-electron chi connectivity index (χ4n) is 2.22. The van der Waals surface area contributed by atoms with Gasteiger partial charge in [-0.1, -0.05) is 5.16 Å². The van der Waals surface area contributed by atoms with Gasteiger partial charge in [-0.2, -0.15) is 0 Å². The Hall–Kier alpha value is -1.36. The van der Waals surface area contributed by atoms with Crippen molar-refractivity contribution in [3.05, 3.63) is 17.5 Å². The van der Waals surface area contributed by atoms with Crippen molar-refractivity contribution in [2.24, 2.45) is 0 Å². The Morgan fingerprint density at radius 3 is 3.06 bits per heavy atom. The number of ether oxygens (including phenoxy) is 1. The minimum absolute atomic E-state index is 0.0227. The van der Waals surface area contributed by atoms with Crippen LogP contribution in [0, 0.1) is 6.92 Å². The standard InChI is InChI=1S/C13H20N2O3/c1-9(2)17-8-13(16)15-6-4-5-11(15)12-7-10(3)14-18-12/h7,9,11H,4-6,8H2,1-3H3. The molecule has 1 aliphatic heterocycles. The summed E-state index contributed by atoms with van der Waals surface area (Å²) in [5, 5.41) is 3.88. The molecule has 18 heavy (non-hydrogen) atoms. The van der Waals surface area contributed by atoms with Crippen LogP contribution in [0.25, 0.3) is 0 Å². The maximum Gasteiger partial charge on any atom is 0.249 e. The first-order chi connectivity index (χ1) is 8.58. The first-order valence-electron chi connectivity index (χ1n) is 6.42. The van der Waals surface area contributed by atoms with Crippen molar-refractivity contribution in [3.63, 3.8) is 0 Å². The number of carbonyl (C=O) groups is 1. The number of likely N-dealkylation sites (tertiary alicyclic amines) is 1. The molecule has 1 aromatic heterocycles. The van der Waals surface area contributed by atoms with Crippen LogP contribution in [0.2, 0.25) is 0 Å². The van der Waals surface area contributed by atoms with E-state index in [1.54, 1.807) is 0 Å². The number of rotatable bonds is 4. The van der Waals surface area contributed by atoms with Gasteiger partial charge in [0.25, 0.3) is 0 Å². The quantitative estimate of drug-likeness (QED) is 0.823. The summed E-state index contributed by atoms with van der Waals surface area (Å²) in [5.74, 6) is 0.808. The molecule has 1 saturated heterocycles. The van der Waals surface area contributed by atoms with Crippen molar-refractivity contribution in [1.82, 2.24) is 10.1 Å². The van der Waals surface area contributed by atoms with E-state index in [1.165, 1.54) is 0 Å². The van der Waals surface area contributed by atoms with E-state index in [0.29, 0.717) is 0 Å². The molecule has 1 atom stereocenters. The molecule has 5 nitrogen and oxygen atoms in total.